The minimum atomic E-state index is -0.233. The lowest BCUT2D eigenvalue weighted by Gasteiger charge is -2.24. The van der Waals surface area contributed by atoms with Crippen molar-refractivity contribution in [2.75, 3.05) is 18.5 Å². The second-order valence-corrected chi connectivity index (χ2v) is 4.96. The number of anilines is 1. The topological polar surface area (TPSA) is 42.1 Å². The van der Waals surface area contributed by atoms with Gasteiger partial charge in [0, 0.05) is 37.9 Å². The van der Waals surface area contributed by atoms with Crippen LogP contribution < -0.4 is 10.6 Å². The van der Waals surface area contributed by atoms with E-state index in [0.29, 0.717) is 12.2 Å². The molecule has 2 aromatic rings. The van der Waals surface area contributed by atoms with Crippen molar-refractivity contribution in [2.24, 2.45) is 5.73 Å². The number of rotatable bonds is 5. The Labute approximate surface area is 119 Å². The van der Waals surface area contributed by atoms with Gasteiger partial charge in [-0.25, -0.2) is 4.39 Å². The third-order valence-electron chi connectivity index (χ3n) is 3.32. The highest BCUT2D eigenvalue weighted by atomic mass is 19.1. The Morgan fingerprint density at radius 2 is 2.05 bits per heavy atom. The maximum Gasteiger partial charge on any atom is 0.146 e. The monoisotopic (exact) mass is 273 g/mol. The highest BCUT2D eigenvalue weighted by molar-refractivity contribution is 5.55. The van der Waals surface area contributed by atoms with E-state index in [9.17, 15) is 4.39 Å². The molecule has 0 unspecified atom stereocenters. The number of likely N-dealkylation sites (N-methyl/N-ethyl adjacent to an activating group) is 1. The minimum Gasteiger partial charge on any atom is -0.372 e. The molecule has 1 aromatic carbocycles. The molecule has 3 nitrogen and oxygen atoms in total. The predicted molar refractivity (Wildman–Crippen MR) is 80.2 cm³/mol. The smallest absolute Gasteiger partial charge is 0.146 e. The van der Waals surface area contributed by atoms with E-state index in [1.165, 1.54) is 6.07 Å². The first-order chi connectivity index (χ1) is 9.59. The molecule has 0 aliphatic rings. The zero-order valence-electron chi connectivity index (χ0n) is 11.9. The fourth-order valence-corrected chi connectivity index (χ4v) is 2.24. The summed E-state index contributed by atoms with van der Waals surface area (Å²) in [6.45, 7) is 2.56. The molecule has 1 heterocycles. The van der Waals surface area contributed by atoms with E-state index in [1.807, 2.05) is 43.1 Å². The van der Waals surface area contributed by atoms with E-state index in [2.05, 4.69) is 4.98 Å². The van der Waals surface area contributed by atoms with Gasteiger partial charge >= 0.3 is 0 Å². The van der Waals surface area contributed by atoms with Crippen LogP contribution >= 0.6 is 0 Å². The van der Waals surface area contributed by atoms with Crippen molar-refractivity contribution in [3.8, 4) is 0 Å². The van der Waals surface area contributed by atoms with E-state index < -0.39 is 0 Å². The molecule has 1 aromatic heterocycles. The summed E-state index contributed by atoms with van der Waals surface area (Å²) >= 11 is 0. The number of nitrogens with two attached hydrogens (primary N) is 1. The quantitative estimate of drug-likeness (QED) is 0.910. The van der Waals surface area contributed by atoms with Crippen molar-refractivity contribution in [1.82, 2.24) is 4.98 Å². The summed E-state index contributed by atoms with van der Waals surface area (Å²) in [7, 11) is 1.88. The first-order valence-corrected chi connectivity index (χ1v) is 6.74. The number of hydrogen-bond acceptors (Lipinski definition) is 3. The summed E-state index contributed by atoms with van der Waals surface area (Å²) in [5, 5.41) is 0. The molecule has 0 spiro atoms. The summed E-state index contributed by atoms with van der Waals surface area (Å²) < 4.78 is 14.1. The summed E-state index contributed by atoms with van der Waals surface area (Å²) in [6, 6.07) is 10.7. The van der Waals surface area contributed by atoms with Gasteiger partial charge < -0.3 is 10.6 Å². The van der Waals surface area contributed by atoms with Gasteiger partial charge in [0.1, 0.15) is 5.82 Å². The Morgan fingerprint density at radius 3 is 2.70 bits per heavy atom. The molecule has 0 saturated carbocycles. The van der Waals surface area contributed by atoms with Crippen LogP contribution in [-0.2, 0) is 6.42 Å². The summed E-state index contributed by atoms with van der Waals surface area (Å²) in [5.74, 6) is -0.233. The number of aromatic nitrogens is 1. The van der Waals surface area contributed by atoms with Crippen LogP contribution in [0.2, 0.25) is 0 Å². The van der Waals surface area contributed by atoms with Crippen LogP contribution in [0.25, 0.3) is 0 Å². The van der Waals surface area contributed by atoms with Crippen LogP contribution in [0.5, 0.6) is 0 Å². The molecule has 2 N–H and O–H groups in total. The van der Waals surface area contributed by atoms with Gasteiger partial charge in [0.15, 0.2) is 0 Å². The zero-order chi connectivity index (χ0) is 14.5. The summed E-state index contributed by atoms with van der Waals surface area (Å²) in [6.07, 6.45) is 2.54. The molecule has 0 aliphatic carbocycles. The third-order valence-corrected chi connectivity index (χ3v) is 3.32. The van der Waals surface area contributed by atoms with E-state index in [1.54, 1.807) is 12.3 Å². The molecular formula is C16H20FN3. The lowest BCUT2D eigenvalue weighted by atomic mass is 10.1. The normalized spacial score (nSPS) is 12.2. The van der Waals surface area contributed by atoms with E-state index in [0.717, 1.165) is 17.7 Å². The first-order valence-electron chi connectivity index (χ1n) is 6.74. The average Bonchev–Trinajstić information content (AvgIpc) is 2.45. The molecule has 20 heavy (non-hydrogen) atoms. The maximum absolute atomic E-state index is 14.1. The molecule has 1 atom stereocenters. The number of hydrogen-bond donors (Lipinski definition) is 1. The van der Waals surface area contributed by atoms with Gasteiger partial charge in [-0.3, -0.25) is 4.98 Å². The number of nitrogens with zero attached hydrogens (tertiary/aromatic N) is 2. The number of pyridine rings is 1. The highest BCUT2D eigenvalue weighted by Crippen LogP contribution is 2.27. The van der Waals surface area contributed by atoms with Crippen LogP contribution in [-0.4, -0.2) is 18.6 Å². The van der Waals surface area contributed by atoms with Crippen molar-refractivity contribution < 1.29 is 4.39 Å². The largest absolute Gasteiger partial charge is 0.372 e. The van der Waals surface area contributed by atoms with Crippen molar-refractivity contribution in [3.63, 3.8) is 0 Å². The van der Waals surface area contributed by atoms with Gasteiger partial charge in [-0.05, 0) is 30.7 Å². The molecule has 0 aliphatic heterocycles. The fourth-order valence-electron chi connectivity index (χ4n) is 2.24. The molecule has 0 amide bonds. The Bertz CT molecular complexity index is 555. The van der Waals surface area contributed by atoms with Gasteiger partial charge in [0.05, 0.1) is 5.69 Å². The third kappa shape index (κ3) is 3.33. The Hall–Kier alpha value is -1.94. The van der Waals surface area contributed by atoms with Gasteiger partial charge in [0.25, 0.3) is 0 Å². The standard InChI is InChI=1S/C16H20FN3/c1-12(18)14-7-5-8-15(17)16(14)20(2)11-9-13-6-3-4-10-19-13/h3-8,10,12H,9,11,18H2,1-2H3/t12-/m0/s1. The second-order valence-electron chi connectivity index (χ2n) is 4.96. The van der Waals surface area contributed by atoms with Crippen LogP contribution in [0.1, 0.15) is 24.2 Å². The van der Waals surface area contributed by atoms with Gasteiger partial charge in [0.2, 0.25) is 0 Å². The molecule has 0 radical (unpaired) electrons. The Kier molecular flexibility index (Phi) is 4.69. The Morgan fingerprint density at radius 1 is 1.25 bits per heavy atom. The minimum absolute atomic E-state index is 0.196. The van der Waals surface area contributed by atoms with Crippen molar-refractivity contribution in [3.05, 3.63) is 59.7 Å². The average molecular weight is 273 g/mol. The zero-order valence-corrected chi connectivity index (χ0v) is 11.9. The molecule has 0 bridgehead atoms. The van der Waals surface area contributed by atoms with Crippen LogP contribution in [0, 0.1) is 5.82 Å². The van der Waals surface area contributed by atoms with Gasteiger partial charge in [-0.2, -0.15) is 0 Å². The van der Waals surface area contributed by atoms with E-state index >= 15 is 0 Å². The number of benzene rings is 1. The maximum atomic E-state index is 14.1. The number of halogens is 1. The SMILES string of the molecule is C[C@H](N)c1cccc(F)c1N(C)CCc1ccccn1. The molecule has 0 fully saturated rings. The lowest BCUT2D eigenvalue weighted by molar-refractivity contribution is 0.615. The first kappa shape index (κ1) is 14.5. The molecule has 106 valence electrons. The summed E-state index contributed by atoms with van der Waals surface area (Å²) in [4.78, 5) is 6.18. The van der Waals surface area contributed by atoms with Gasteiger partial charge in [-0.1, -0.05) is 18.2 Å². The lowest BCUT2D eigenvalue weighted by Crippen LogP contribution is -2.24. The fraction of sp³-hybridized carbons (Fsp3) is 0.312. The number of para-hydroxylation sites is 1. The predicted octanol–water partition coefficient (Wildman–Crippen LogP) is 2.92. The van der Waals surface area contributed by atoms with E-state index in [-0.39, 0.29) is 11.9 Å². The van der Waals surface area contributed by atoms with E-state index in [4.69, 9.17) is 5.73 Å². The molecular weight excluding hydrogens is 253 g/mol. The van der Waals surface area contributed by atoms with Crippen LogP contribution in [0.3, 0.4) is 0 Å². The van der Waals surface area contributed by atoms with Crippen molar-refractivity contribution in [2.45, 2.75) is 19.4 Å². The Balaban J connectivity index is 2.15. The highest BCUT2D eigenvalue weighted by Gasteiger charge is 2.15. The van der Waals surface area contributed by atoms with Crippen LogP contribution in [0.4, 0.5) is 10.1 Å². The second kappa shape index (κ2) is 6.48. The van der Waals surface area contributed by atoms with Crippen molar-refractivity contribution in [1.29, 1.82) is 0 Å². The molecule has 4 heteroatoms. The molecule has 2 rings (SSSR count). The summed E-state index contributed by atoms with van der Waals surface area (Å²) in [5.41, 5.74) is 8.33. The van der Waals surface area contributed by atoms with Crippen molar-refractivity contribution >= 4 is 5.69 Å². The van der Waals surface area contributed by atoms with Crippen LogP contribution in [0.15, 0.2) is 42.6 Å². The van der Waals surface area contributed by atoms with Gasteiger partial charge in [-0.15, -0.1) is 0 Å². The molecule has 0 saturated heterocycles.